The van der Waals surface area contributed by atoms with Crippen LogP contribution in [0.4, 0.5) is 0 Å². The second-order valence-electron chi connectivity index (χ2n) is 4.68. The number of aryl methyl sites for hydroxylation is 1. The highest BCUT2D eigenvalue weighted by atomic mass is 79.9. The summed E-state index contributed by atoms with van der Waals surface area (Å²) in [5, 5.41) is 9.29. The Morgan fingerprint density at radius 1 is 0.950 bits per heavy atom. The first-order chi connectivity index (χ1) is 9.81. The van der Waals surface area contributed by atoms with E-state index in [0.717, 1.165) is 35.0 Å². The summed E-state index contributed by atoms with van der Waals surface area (Å²) in [4.78, 5) is 0. The molecule has 0 atom stereocenters. The van der Waals surface area contributed by atoms with Gasteiger partial charge in [-0.3, -0.25) is 0 Å². The average molecular weight is 335 g/mol. The van der Waals surface area contributed by atoms with Gasteiger partial charge < -0.3 is 9.84 Å². The van der Waals surface area contributed by atoms with E-state index in [0.29, 0.717) is 6.61 Å². The Morgan fingerprint density at radius 3 is 2.50 bits per heavy atom. The number of hydrogen-bond acceptors (Lipinski definition) is 2. The van der Waals surface area contributed by atoms with Gasteiger partial charge in [-0.2, -0.15) is 0 Å². The number of aliphatic hydroxyl groups is 1. The first kappa shape index (κ1) is 15.1. The highest BCUT2D eigenvalue weighted by Crippen LogP contribution is 2.29. The number of para-hydroxylation sites is 1. The zero-order valence-electron chi connectivity index (χ0n) is 11.4. The van der Waals surface area contributed by atoms with Crippen molar-refractivity contribution in [1.29, 1.82) is 0 Å². The summed E-state index contributed by atoms with van der Waals surface area (Å²) in [5.41, 5.74) is 2.19. The van der Waals surface area contributed by atoms with Gasteiger partial charge >= 0.3 is 0 Å². The molecule has 20 heavy (non-hydrogen) atoms. The van der Waals surface area contributed by atoms with Gasteiger partial charge in [0.1, 0.15) is 5.75 Å². The second kappa shape index (κ2) is 8.08. The molecule has 0 aliphatic carbocycles. The molecule has 106 valence electrons. The molecule has 2 aromatic rings. The van der Waals surface area contributed by atoms with E-state index in [2.05, 4.69) is 40.2 Å². The monoisotopic (exact) mass is 334 g/mol. The van der Waals surface area contributed by atoms with Crippen molar-refractivity contribution in [2.24, 2.45) is 0 Å². The Hall–Kier alpha value is -1.32. The number of hydrogen-bond donors (Lipinski definition) is 1. The van der Waals surface area contributed by atoms with Gasteiger partial charge in [0, 0.05) is 5.56 Å². The third kappa shape index (κ3) is 4.36. The lowest BCUT2D eigenvalue weighted by Crippen LogP contribution is -2.02. The van der Waals surface area contributed by atoms with E-state index in [4.69, 9.17) is 4.74 Å². The lowest BCUT2D eigenvalue weighted by atomic mass is 10.1. The minimum absolute atomic E-state index is 0.00120. The quantitative estimate of drug-likeness (QED) is 0.763. The highest BCUT2D eigenvalue weighted by Gasteiger charge is 2.06. The normalized spacial score (nSPS) is 10.5. The fraction of sp³-hybridized carbons (Fsp3) is 0.294. The molecule has 3 heteroatoms. The van der Waals surface area contributed by atoms with Crippen molar-refractivity contribution in [1.82, 2.24) is 0 Å². The molecule has 0 aromatic heterocycles. The molecule has 0 amide bonds. The second-order valence-corrected chi connectivity index (χ2v) is 5.53. The summed E-state index contributed by atoms with van der Waals surface area (Å²) in [7, 11) is 0. The summed E-state index contributed by atoms with van der Waals surface area (Å²) >= 11 is 3.46. The van der Waals surface area contributed by atoms with Crippen molar-refractivity contribution >= 4 is 15.9 Å². The van der Waals surface area contributed by atoms with E-state index in [1.807, 2.05) is 24.3 Å². The van der Waals surface area contributed by atoms with Crippen LogP contribution in [0.5, 0.6) is 5.75 Å². The van der Waals surface area contributed by atoms with E-state index in [-0.39, 0.29) is 6.61 Å². The third-order valence-corrected chi connectivity index (χ3v) is 3.79. The van der Waals surface area contributed by atoms with Crippen molar-refractivity contribution < 1.29 is 9.84 Å². The lowest BCUT2D eigenvalue weighted by molar-refractivity contribution is 0.259. The van der Waals surface area contributed by atoms with Crippen LogP contribution in [0.25, 0.3) is 0 Å². The van der Waals surface area contributed by atoms with Crippen LogP contribution in [0.3, 0.4) is 0 Å². The Morgan fingerprint density at radius 2 is 1.75 bits per heavy atom. The molecule has 0 fully saturated rings. The fourth-order valence-corrected chi connectivity index (χ4v) is 2.61. The zero-order chi connectivity index (χ0) is 14.2. The summed E-state index contributed by atoms with van der Waals surface area (Å²) in [6.45, 7) is 0.668. The van der Waals surface area contributed by atoms with Crippen molar-refractivity contribution in [2.45, 2.75) is 25.9 Å². The lowest BCUT2D eigenvalue weighted by Gasteiger charge is -2.11. The van der Waals surface area contributed by atoms with Crippen LogP contribution in [-0.2, 0) is 13.0 Å². The van der Waals surface area contributed by atoms with E-state index >= 15 is 0 Å². The number of benzene rings is 2. The van der Waals surface area contributed by atoms with Crippen LogP contribution < -0.4 is 4.74 Å². The molecule has 0 aliphatic heterocycles. The van der Waals surface area contributed by atoms with E-state index in [1.54, 1.807) is 0 Å². The van der Waals surface area contributed by atoms with Crippen molar-refractivity contribution in [3.8, 4) is 5.75 Å². The number of halogens is 1. The van der Waals surface area contributed by atoms with Crippen LogP contribution in [0.2, 0.25) is 0 Å². The van der Waals surface area contributed by atoms with Gasteiger partial charge in [0.2, 0.25) is 0 Å². The highest BCUT2D eigenvalue weighted by molar-refractivity contribution is 9.10. The van der Waals surface area contributed by atoms with Crippen LogP contribution >= 0.6 is 15.9 Å². The predicted octanol–water partition coefficient (Wildman–Crippen LogP) is 4.34. The van der Waals surface area contributed by atoms with Gasteiger partial charge in [-0.05, 0) is 46.8 Å². The van der Waals surface area contributed by atoms with Gasteiger partial charge in [-0.1, -0.05) is 42.5 Å². The minimum atomic E-state index is -0.00120. The Kier molecular flexibility index (Phi) is 6.09. The van der Waals surface area contributed by atoms with Crippen LogP contribution in [-0.4, -0.2) is 11.7 Å². The van der Waals surface area contributed by atoms with Crippen LogP contribution in [0, 0.1) is 0 Å². The molecule has 0 spiro atoms. The molecule has 0 unspecified atom stereocenters. The number of unbranched alkanes of at least 4 members (excludes halogenated alkanes) is 1. The maximum absolute atomic E-state index is 9.29. The first-order valence-corrected chi connectivity index (χ1v) is 7.65. The Balaban J connectivity index is 1.76. The molecule has 1 N–H and O–H groups in total. The van der Waals surface area contributed by atoms with Crippen molar-refractivity contribution in [2.75, 3.05) is 6.61 Å². The molecule has 0 saturated carbocycles. The summed E-state index contributed by atoms with van der Waals surface area (Å²) in [6, 6.07) is 16.2. The largest absolute Gasteiger partial charge is 0.492 e. The summed E-state index contributed by atoms with van der Waals surface area (Å²) in [5.74, 6) is 0.759. The molecule has 0 saturated heterocycles. The van der Waals surface area contributed by atoms with Crippen LogP contribution in [0.1, 0.15) is 24.0 Å². The van der Waals surface area contributed by atoms with Gasteiger partial charge in [0.15, 0.2) is 0 Å². The predicted molar refractivity (Wildman–Crippen MR) is 84.9 cm³/mol. The van der Waals surface area contributed by atoms with E-state index < -0.39 is 0 Å². The van der Waals surface area contributed by atoms with Gasteiger partial charge in [-0.25, -0.2) is 0 Å². The fourth-order valence-electron chi connectivity index (χ4n) is 2.09. The summed E-state index contributed by atoms with van der Waals surface area (Å²) in [6.07, 6.45) is 3.18. The van der Waals surface area contributed by atoms with E-state index in [1.165, 1.54) is 5.56 Å². The maximum Gasteiger partial charge on any atom is 0.138 e. The van der Waals surface area contributed by atoms with Crippen molar-refractivity contribution in [3.63, 3.8) is 0 Å². The van der Waals surface area contributed by atoms with Crippen molar-refractivity contribution in [3.05, 3.63) is 64.1 Å². The van der Waals surface area contributed by atoms with E-state index in [9.17, 15) is 5.11 Å². The molecule has 2 aromatic carbocycles. The van der Waals surface area contributed by atoms with Gasteiger partial charge in [-0.15, -0.1) is 0 Å². The first-order valence-electron chi connectivity index (χ1n) is 6.86. The third-order valence-electron chi connectivity index (χ3n) is 3.17. The molecule has 2 rings (SSSR count). The number of rotatable bonds is 7. The minimum Gasteiger partial charge on any atom is -0.492 e. The number of ether oxygens (including phenoxy) is 1. The van der Waals surface area contributed by atoms with Gasteiger partial charge in [0.05, 0.1) is 17.7 Å². The smallest absolute Gasteiger partial charge is 0.138 e. The Bertz CT molecular complexity index is 526. The molecule has 0 bridgehead atoms. The SMILES string of the molecule is OCc1cccc(Br)c1OCCCCc1ccccc1. The molecular formula is C17H19BrO2. The molecule has 0 radical (unpaired) electrons. The standard InChI is InChI=1S/C17H19BrO2/c18-16-11-6-10-15(13-19)17(16)20-12-5-4-9-14-7-2-1-3-8-14/h1-3,6-8,10-11,19H,4-5,9,12-13H2. The molecule has 0 heterocycles. The topological polar surface area (TPSA) is 29.5 Å². The Labute approximate surface area is 128 Å². The molecule has 2 nitrogen and oxygen atoms in total. The maximum atomic E-state index is 9.29. The average Bonchev–Trinajstić information content (AvgIpc) is 2.49. The number of aliphatic hydroxyl groups excluding tert-OH is 1. The van der Waals surface area contributed by atoms with Crippen LogP contribution in [0.15, 0.2) is 53.0 Å². The molecular weight excluding hydrogens is 316 g/mol. The molecule has 0 aliphatic rings. The zero-order valence-corrected chi connectivity index (χ0v) is 13.0. The summed E-state index contributed by atoms with van der Waals surface area (Å²) < 4.78 is 6.69. The van der Waals surface area contributed by atoms with Gasteiger partial charge in [0.25, 0.3) is 0 Å².